The van der Waals surface area contributed by atoms with Gasteiger partial charge in [-0.1, -0.05) is 71.7 Å². The molecule has 0 aliphatic heterocycles. The van der Waals surface area contributed by atoms with Gasteiger partial charge in [-0.05, 0) is 72.8 Å². The molecule has 0 heterocycles. The Morgan fingerprint density at radius 3 is 0.741 bits per heavy atom. The average Bonchev–Trinajstić information content (AvgIpc) is 2.73. The third-order valence-electron chi connectivity index (χ3n) is 3.84. The van der Waals surface area contributed by atoms with E-state index in [4.69, 9.17) is 0 Å². The molecular weight excluding hydrogens is 384 g/mol. The van der Waals surface area contributed by atoms with Crippen LogP contribution in [0.5, 0.6) is 0 Å². The van der Waals surface area contributed by atoms with Crippen molar-refractivity contribution in [2.24, 2.45) is 0 Å². The fourth-order valence-electron chi connectivity index (χ4n) is 2.54. The first-order valence-electron chi connectivity index (χ1n) is 8.69. The molecule has 3 heteroatoms. The molecule has 4 aromatic carbocycles. The molecule has 0 unspecified atom stereocenters. The monoisotopic (exact) mass is 402 g/mol. The number of rotatable bonds is 6. The Balaban J connectivity index is 1.37. The Morgan fingerprint density at radius 1 is 0.259 bits per heavy atom. The maximum absolute atomic E-state index is 2.20. The summed E-state index contributed by atoms with van der Waals surface area (Å²) in [6.45, 7) is 0. The van der Waals surface area contributed by atoms with E-state index in [9.17, 15) is 0 Å². The van der Waals surface area contributed by atoms with E-state index in [1.165, 1.54) is 29.4 Å². The van der Waals surface area contributed by atoms with E-state index in [2.05, 4.69) is 97.1 Å². The Kier molecular flexibility index (Phi) is 6.25. The summed E-state index contributed by atoms with van der Waals surface area (Å²) in [7, 11) is 0. The molecule has 0 radical (unpaired) electrons. The lowest BCUT2D eigenvalue weighted by Gasteiger charge is -2.06. The van der Waals surface area contributed by atoms with Crippen molar-refractivity contribution >= 4 is 35.3 Å². The molecule has 27 heavy (non-hydrogen) atoms. The van der Waals surface area contributed by atoms with E-state index in [-0.39, 0.29) is 0 Å². The van der Waals surface area contributed by atoms with Crippen LogP contribution in [-0.2, 0) is 0 Å². The zero-order valence-electron chi connectivity index (χ0n) is 14.6. The van der Waals surface area contributed by atoms with Gasteiger partial charge in [0, 0.05) is 29.4 Å². The molecule has 0 atom stereocenters. The molecular formula is C24H18S3. The molecule has 0 aliphatic rings. The van der Waals surface area contributed by atoms with E-state index in [1.807, 2.05) is 12.1 Å². The summed E-state index contributed by atoms with van der Waals surface area (Å²) in [5.74, 6) is 0. The summed E-state index contributed by atoms with van der Waals surface area (Å²) < 4.78 is 0. The van der Waals surface area contributed by atoms with Crippen molar-refractivity contribution in [2.75, 3.05) is 0 Å². The normalized spacial score (nSPS) is 10.7. The summed E-state index contributed by atoms with van der Waals surface area (Å²) in [5, 5.41) is 0. The first-order chi connectivity index (χ1) is 13.3. The molecule has 0 aliphatic carbocycles. The summed E-state index contributed by atoms with van der Waals surface area (Å²) in [6.07, 6.45) is 0. The van der Waals surface area contributed by atoms with Crippen LogP contribution in [-0.4, -0.2) is 0 Å². The molecule has 0 aromatic heterocycles. The van der Waals surface area contributed by atoms with E-state index in [0.717, 1.165) is 0 Å². The minimum absolute atomic E-state index is 1.26. The zero-order valence-corrected chi connectivity index (χ0v) is 17.1. The largest absolute Gasteiger partial charge is 0.0901 e. The Hall–Kier alpha value is -2.07. The predicted octanol–water partition coefficient (Wildman–Crippen LogP) is 8.14. The van der Waals surface area contributed by atoms with Gasteiger partial charge in [-0.3, -0.25) is 0 Å². The van der Waals surface area contributed by atoms with Crippen molar-refractivity contribution in [3.8, 4) is 0 Å². The molecule has 4 rings (SSSR count). The van der Waals surface area contributed by atoms with E-state index in [0.29, 0.717) is 0 Å². The van der Waals surface area contributed by atoms with Gasteiger partial charge >= 0.3 is 0 Å². The summed E-state index contributed by atoms with van der Waals surface area (Å²) >= 11 is 5.39. The van der Waals surface area contributed by atoms with Gasteiger partial charge in [-0.2, -0.15) is 0 Å². The van der Waals surface area contributed by atoms with Gasteiger partial charge in [0.25, 0.3) is 0 Å². The van der Waals surface area contributed by atoms with E-state index in [1.54, 1.807) is 35.3 Å². The van der Waals surface area contributed by atoms with Gasteiger partial charge in [-0.25, -0.2) is 0 Å². The van der Waals surface area contributed by atoms with Crippen LogP contribution in [0.2, 0.25) is 0 Å². The molecule has 0 fully saturated rings. The van der Waals surface area contributed by atoms with Crippen LogP contribution in [0.15, 0.2) is 139 Å². The highest BCUT2D eigenvalue weighted by Gasteiger charge is 2.02. The SMILES string of the molecule is c1ccc(Sc2ccc(Sc3ccc(Sc4ccccc4)cc3)cc2)cc1. The molecule has 132 valence electrons. The lowest BCUT2D eigenvalue weighted by Crippen LogP contribution is -1.77. The standard InChI is InChI=1S/C24H18S3/c1-3-7-19(8-4-1)25-21-11-15-23(16-12-21)27-24-17-13-22(14-18-24)26-20-9-5-2-6-10-20/h1-18H. The maximum atomic E-state index is 2.20. The zero-order chi connectivity index (χ0) is 18.3. The van der Waals surface area contributed by atoms with Crippen LogP contribution in [0, 0.1) is 0 Å². The van der Waals surface area contributed by atoms with Crippen LogP contribution in [0.3, 0.4) is 0 Å². The van der Waals surface area contributed by atoms with Gasteiger partial charge in [0.05, 0.1) is 0 Å². The molecule has 0 amide bonds. The van der Waals surface area contributed by atoms with Gasteiger partial charge < -0.3 is 0 Å². The van der Waals surface area contributed by atoms with Crippen LogP contribution in [0.25, 0.3) is 0 Å². The van der Waals surface area contributed by atoms with Crippen LogP contribution >= 0.6 is 35.3 Å². The van der Waals surface area contributed by atoms with Crippen molar-refractivity contribution in [2.45, 2.75) is 29.4 Å². The number of benzene rings is 4. The lowest BCUT2D eigenvalue weighted by atomic mass is 10.4. The van der Waals surface area contributed by atoms with Gasteiger partial charge in [0.2, 0.25) is 0 Å². The average molecular weight is 403 g/mol. The van der Waals surface area contributed by atoms with Crippen LogP contribution in [0.1, 0.15) is 0 Å². The molecule has 0 saturated carbocycles. The quantitative estimate of drug-likeness (QED) is 0.319. The second-order valence-corrected chi connectivity index (χ2v) is 9.32. The van der Waals surface area contributed by atoms with Crippen molar-refractivity contribution in [3.63, 3.8) is 0 Å². The summed E-state index contributed by atoms with van der Waals surface area (Å²) in [4.78, 5) is 7.58. The highest BCUT2D eigenvalue weighted by molar-refractivity contribution is 8.00. The third kappa shape index (κ3) is 5.46. The number of hydrogen-bond donors (Lipinski definition) is 0. The van der Waals surface area contributed by atoms with Gasteiger partial charge in [-0.15, -0.1) is 0 Å². The highest BCUT2D eigenvalue weighted by Crippen LogP contribution is 2.34. The first-order valence-corrected chi connectivity index (χ1v) is 11.1. The molecule has 0 bridgehead atoms. The topological polar surface area (TPSA) is 0 Å². The minimum Gasteiger partial charge on any atom is -0.0901 e. The van der Waals surface area contributed by atoms with Crippen molar-refractivity contribution in [1.82, 2.24) is 0 Å². The molecule has 0 spiro atoms. The molecule has 0 N–H and O–H groups in total. The van der Waals surface area contributed by atoms with Crippen molar-refractivity contribution < 1.29 is 0 Å². The highest BCUT2D eigenvalue weighted by atomic mass is 32.2. The maximum Gasteiger partial charge on any atom is 0.0123 e. The summed E-state index contributed by atoms with van der Waals surface area (Å²) in [5.41, 5.74) is 0. The second-order valence-electron chi connectivity index (χ2n) is 5.88. The van der Waals surface area contributed by atoms with Gasteiger partial charge in [0.1, 0.15) is 0 Å². The molecule has 0 saturated heterocycles. The first kappa shape index (κ1) is 18.3. The van der Waals surface area contributed by atoms with E-state index < -0.39 is 0 Å². The Morgan fingerprint density at radius 2 is 0.481 bits per heavy atom. The van der Waals surface area contributed by atoms with Crippen molar-refractivity contribution in [3.05, 3.63) is 109 Å². The summed E-state index contributed by atoms with van der Waals surface area (Å²) in [6, 6.07) is 38.5. The fraction of sp³-hybridized carbons (Fsp3) is 0. The van der Waals surface area contributed by atoms with Gasteiger partial charge in [0.15, 0.2) is 0 Å². The molecule has 4 aromatic rings. The lowest BCUT2D eigenvalue weighted by molar-refractivity contribution is 1.31. The fourth-order valence-corrected chi connectivity index (χ4v) is 5.03. The smallest absolute Gasteiger partial charge is 0.0123 e. The van der Waals surface area contributed by atoms with Crippen LogP contribution < -0.4 is 0 Å². The second kappa shape index (κ2) is 9.23. The van der Waals surface area contributed by atoms with E-state index >= 15 is 0 Å². The Labute approximate surface area is 173 Å². The third-order valence-corrected chi connectivity index (χ3v) is 6.89. The minimum atomic E-state index is 1.26. The Bertz CT molecular complexity index is 881. The molecule has 0 nitrogen and oxygen atoms in total. The van der Waals surface area contributed by atoms with Crippen LogP contribution in [0.4, 0.5) is 0 Å². The van der Waals surface area contributed by atoms with Crippen molar-refractivity contribution in [1.29, 1.82) is 0 Å². The number of hydrogen-bond acceptors (Lipinski definition) is 3. The predicted molar refractivity (Wildman–Crippen MR) is 118 cm³/mol.